The molecule has 2 unspecified atom stereocenters. The number of hydrogen-bond donors (Lipinski definition) is 0. The molecule has 0 aliphatic carbocycles. The van der Waals surface area contributed by atoms with Crippen LogP contribution in [0, 0.1) is 0 Å². The predicted octanol–water partition coefficient (Wildman–Crippen LogP) is 4.43. The third kappa shape index (κ3) is 8.52. The smallest absolute Gasteiger partial charge is 0.453 e. The summed E-state index contributed by atoms with van der Waals surface area (Å²) < 4.78 is 43.5. The third-order valence-corrected chi connectivity index (χ3v) is 4.27. The van der Waals surface area contributed by atoms with Gasteiger partial charge in [-0.1, -0.05) is 57.2 Å². The molecule has 0 bridgehead atoms. The molecule has 2 atom stereocenters. The first-order chi connectivity index (χ1) is 14.8. The molecule has 2 aromatic carbocycles. The van der Waals surface area contributed by atoms with Gasteiger partial charge < -0.3 is 9.47 Å². The molecule has 0 fully saturated rings. The van der Waals surface area contributed by atoms with Crippen molar-refractivity contribution in [3.63, 3.8) is 0 Å². The molecule has 0 heterocycles. The normalized spacial score (nSPS) is 13.2. The molecule has 0 spiro atoms. The maximum Gasteiger partial charge on any atom is 0.453 e. The van der Waals surface area contributed by atoms with Gasteiger partial charge in [0.2, 0.25) is 12.6 Å². The van der Waals surface area contributed by atoms with Crippen molar-refractivity contribution in [2.24, 2.45) is 0 Å². The molecule has 31 heavy (non-hydrogen) atoms. The van der Waals surface area contributed by atoms with E-state index >= 15 is 0 Å². The minimum atomic E-state index is -4.63. The average Bonchev–Trinajstić information content (AvgIpc) is 2.74. The van der Waals surface area contributed by atoms with E-state index in [0.29, 0.717) is 24.3 Å². The molecule has 168 valence electrons. The molecule has 0 N–H and O–H groups in total. The van der Waals surface area contributed by atoms with Crippen LogP contribution in [0.15, 0.2) is 73.8 Å². The van der Waals surface area contributed by atoms with Crippen molar-refractivity contribution in [3.8, 4) is 11.5 Å². The first-order valence-corrected chi connectivity index (χ1v) is 10.8. The summed E-state index contributed by atoms with van der Waals surface area (Å²) in [4.78, 5) is 9.51. The summed E-state index contributed by atoms with van der Waals surface area (Å²) >= 11 is 0. The zero-order valence-electron chi connectivity index (χ0n) is 17.4. The van der Waals surface area contributed by atoms with E-state index in [1.165, 1.54) is 13.8 Å². The Balaban J connectivity index is 1.82. The van der Waals surface area contributed by atoms with E-state index in [1.54, 1.807) is 36.4 Å². The van der Waals surface area contributed by atoms with Gasteiger partial charge in [0.25, 0.3) is 0 Å². The van der Waals surface area contributed by atoms with E-state index in [-0.39, 0.29) is 0 Å². The van der Waals surface area contributed by atoms with Crippen LogP contribution in [0.2, 0.25) is 0 Å². The van der Waals surface area contributed by atoms with E-state index in [1.807, 2.05) is 24.3 Å². The molecule has 0 aromatic heterocycles. The van der Waals surface area contributed by atoms with Crippen LogP contribution in [0.1, 0.15) is 25.0 Å². The molecule has 0 saturated carbocycles. The van der Waals surface area contributed by atoms with E-state index < -0.39 is 23.0 Å². The number of rotatable bonds is 14. The van der Waals surface area contributed by atoms with E-state index in [2.05, 4.69) is 21.8 Å². The Kier molecular flexibility index (Phi) is 9.70. The number of benzene rings is 2. The third-order valence-electron chi connectivity index (χ3n) is 3.78. The van der Waals surface area contributed by atoms with Crippen LogP contribution in [0.3, 0.4) is 0 Å². The van der Waals surface area contributed by atoms with E-state index in [4.69, 9.17) is 19.2 Å². The monoisotopic (exact) mass is 450 g/mol. The minimum absolute atomic E-state index is 0.508. The fraction of sp³-hybridized carbons (Fsp3) is 0.273. The number of ether oxygens (including phenoxy) is 2. The van der Waals surface area contributed by atoms with Crippen LogP contribution < -0.4 is 9.47 Å². The molecule has 0 aliphatic heterocycles. The van der Waals surface area contributed by atoms with Gasteiger partial charge in [-0.05, 0) is 36.1 Å². The summed E-state index contributed by atoms with van der Waals surface area (Å²) in [6.07, 6.45) is 2.49. The lowest BCUT2D eigenvalue weighted by atomic mass is 10.1. The Labute approximate surface area is 182 Å². The summed E-state index contributed by atoms with van der Waals surface area (Å²) in [6.45, 7) is 10.3. The SMILES string of the molecule is C=CCc1ccccc1OC(C)OOS(=O)(=O)OOC(C)Oc1ccccc1CC=C. The zero-order chi connectivity index (χ0) is 22.7. The second-order valence-electron chi connectivity index (χ2n) is 6.31. The van der Waals surface area contributed by atoms with Crippen molar-refractivity contribution in [3.05, 3.63) is 85.0 Å². The maximum absolute atomic E-state index is 11.9. The summed E-state index contributed by atoms with van der Waals surface area (Å²) in [5.74, 6) is 1.02. The molecule has 0 radical (unpaired) electrons. The molecule has 2 aromatic rings. The van der Waals surface area contributed by atoms with E-state index in [0.717, 1.165) is 11.1 Å². The van der Waals surface area contributed by atoms with Crippen LogP contribution in [-0.4, -0.2) is 21.0 Å². The fourth-order valence-corrected chi connectivity index (χ4v) is 2.94. The van der Waals surface area contributed by atoms with Crippen LogP contribution in [0.5, 0.6) is 11.5 Å². The molecule has 8 nitrogen and oxygen atoms in total. The van der Waals surface area contributed by atoms with Gasteiger partial charge in [0, 0.05) is 13.8 Å². The Morgan fingerprint density at radius 3 is 1.55 bits per heavy atom. The highest BCUT2D eigenvalue weighted by atomic mass is 32.3. The first-order valence-electron chi connectivity index (χ1n) is 9.50. The Morgan fingerprint density at radius 2 is 1.16 bits per heavy atom. The molecule has 0 aliphatic rings. The quantitative estimate of drug-likeness (QED) is 0.181. The molecule has 9 heteroatoms. The largest absolute Gasteiger partial charge is 0.462 e. The van der Waals surface area contributed by atoms with Gasteiger partial charge in [-0.25, -0.2) is 0 Å². The predicted molar refractivity (Wildman–Crippen MR) is 114 cm³/mol. The second kappa shape index (κ2) is 12.2. The standard InChI is InChI=1S/C22H26O8S/c1-5-11-19-13-7-9-15-21(19)25-17(3)27-29-31(23,24)30-28-18(4)26-22-16-10-8-14-20(22)12-6-2/h5-10,13-18H,1-2,11-12H2,3-4H3. The Morgan fingerprint density at radius 1 is 0.774 bits per heavy atom. The van der Waals surface area contributed by atoms with E-state index in [9.17, 15) is 8.42 Å². The van der Waals surface area contributed by atoms with Crippen molar-refractivity contribution in [2.45, 2.75) is 39.3 Å². The molecule has 0 saturated heterocycles. The second-order valence-corrected chi connectivity index (χ2v) is 7.40. The number of hydrogen-bond acceptors (Lipinski definition) is 8. The lowest BCUT2D eigenvalue weighted by molar-refractivity contribution is -0.330. The maximum atomic E-state index is 11.9. The van der Waals surface area contributed by atoms with Crippen LogP contribution in [0.25, 0.3) is 0 Å². The average molecular weight is 451 g/mol. The molecule has 0 amide bonds. The summed E-state index contributed by atoms with van der Waals surface area (Å²) in [6, 6.07) is 14.4. The summed E-state index contributed by atoms with van der Waals surface area (Å²) in [5.41, 5.74) is 1.72. The van der Waals surface area contributed by atoms with Gasteiger partial charge in [0.05, 0.1) is 0 Å². The molecular formula is C22H26O8S. The topological polar surface area (TPSA) is 89.5 Å². The van der Waals surface area contributed by atoms with Crippen molar-refractivity contribution < 1.29 is 36.3 Å². The van der Waals surface area contributed by atoms with Crippen LogP contribution in [0.4, 0.5) is 0 Å². The van der Waals surface area contributed by atoms with Crippen molar-refractivity contribution in [1.29, 1.82) is 0 Å². The minimum Gasteiger partial charge on any atom is -0.462 e. The Hall–Kier alpha value is -2.69. The van der Waals surface area contributed by atoms with Gasteiger partial charge in [0.1, 0.15) is 11.5 Å². The van der Waals surface area contributed by atoms with Gasteiger partial charge in [-0.2, -0.15) is 18.2 Å². The highest BCUT2D eigenvalue weighted by molar-refractivity contribution is 7.81. The molecule has 2 rings (SSSR count). The van der Waals surface area contributed by atoms with Crippen molar-refractivity contribution in [1.82, 2.24) is 0 Å². The lowest BCUT2D eigenvalue weighted by Crippen LogP contribution is -2.24. The number of para-hydroxylation sites is 2. The zero-order valence-corrected chi connectivity index (χ0v) is 18.2. The number of allylic oxidation sites excluding steroid dienone is 2. The summed E-state index contributed by atoms with van der Waals surface area (Å²) in [5, 5.41) is 0. The lowest BCUT2D eigenvalue weighted by Gasteiger charge is -2.17. The van der Waals surface area contributed by atoms with Crippen molar-refractivity contribution in [2.75, 3.05) is 0 Å². The Bertz CT molecular complexity index is 886. The molecular weight excluding hydrogens is 424 g/mol. The fourth-order valence-electron chi connectivity index (χ4n) is 2.50. The van der Waals surface area contributed by atoms with Gasteiger partial charge in [0.15, 0.2) is 0 Å². The van der Waals surface area contributed by atoms with Crippen LogP contribution in [-0.2, 0) is 41.7 Å². The van der Waals surface area contributed by atoms with Crippen molar-refractivity contribution >= 4 is 10.4 Å². The van der Waals surface area contributed by atoms with Gasteiger partial charge >= 0.3 is 10.4 Å². The van der Waals surface area contributed by atoms with Gasteiger partial charge in [-0.15, -0.1) is 13.2 Å². The summed E-state index contributed by atoms with van der Waals surface area (Å²) in [7, 11) is -4.63. The highest BCUT2D eigenvalue weighted by Gasteiger charge is 2.21. The first kappa shape index (κ1) is 24.6. The highest BCUT2D eigenvalue weighted by Crippen LogP contribution is 2.22. The van der Waals surface area contributed by atoms with Crippen LogP contribution >= 0.6 is 0 Å². The van der Waals surface area contributed by atoms with Gasteiger partial charge in [-0.3, -0.25) is 0 Å².